The van der Waals surface area contributed by atoms with E-state index < -0.39 is 0 Å². The monoisotopic (exact) mass is 407 g/mol. The molecule has 1 aliphatic rings. The lowest BCUT2D eigenvalue weighted by atomic mass is 9.79. The fourth-order valence-corrected chi connectivity index (χ4v) is 5.13. The Labute approximate surface area is 176 Å². The first-order valence-electron chi connectivity index (χ1n) is 10.8. The predicted octanol–water partition coefficient (Wildman–Crippen LogP) is 6.60. The summed E-state index contributed by atoms with van der Waals surface area (Å²) in [5.74, 6) is 1.13. The summed E-state index contributed by atoms with van der Waals surface area (Å²) in [6.45, 7) is 4.29. The van der Waals surface area contributed by atoms with Crippen LogP contribution in [0.3, 0.4) is 0 Å². The van der Waals surface area contributed by atoms with Gasteiger partial charge in [-0.1, -0.05) is 49.7 Å². The normalized spacial score (nSPS) is 19.4. The van der Waals surface area contributed by atoms with E-state index in [0.717, 1.165) is 50.9 Å². The average molecular weight is 408 g/mol. The van der Waals surface area contributed by atoms with Crippen LogP contribution in [0.2, 0.25) is 0 Å². The standard InChI is InChI=1S/C24H29N3OS/c1-3-4-6-17-9-12-18(13-10-17)22(28)26-21-15-19(11-8-16(21)2)23-27-20-7-5-14-25-24(20)29-23/h5,7-8,11,14-15,17-18H,3-4,6,9-10,12-13H2,1-2H3,(H,26,28). The number of pyridine rings is 1. The molecule has 0 spiro atoms. The van der Waals surface area contributed by atoms with E-state index in [1.165, 1.54) is 32.1 Å². The maximum Gasteiger partial charge on any atom is 0.227 e. The minimum Gasteiger partial charge on any atom is -0.326 e. The van der Waals surface area contributed by atoms with E-state index in [9.17, 15) is 4.79 Å². The van der Waals surface area contributed by atoms with Crippen molar-refractivity contribution in [2.24, 2.45) is 11.8 Å². The summed E-state index contributed by atoms with van der Waals surface area (Å²) in [5.41, 5.74) is 3.92. The lowest BCUT2D eigenvalue weighted by Gasteiger charge is -2.28. The van der Waals surface area contributed by atoms with Crippen molar-refractivity contribution in [3.05, 3.63) is 42.1 Å². The molecule has 1 saturated carbocycles. The molecule has 1 aromatic carbocycles. The number of thiazole rings is 1. The Hall–Kier alpha value is -2.27. The predicted molar refractivity (Wildman–Crippen MR) is 121 cm³/mol. The number of rotatable bonds is 6. The highest BCUT2D eigenvalue weighted by atomic mass is 32.1. The van der Waals surface area contributed by atoms with Crippen molar-refractivity contribution in [3.8, 4) is 10.6 Å². The lowest BCUT2D eigenvalue weighted by molar-refractivity contribution is -0.121. The first kappa shape index (κ1) is 20.0. The van der Waals surface area contributed by atoms with Crippen LogP contribution in [-0.2, 0) is 4.79 Å². The van der Waals surface area contributed by atoms with E-state index in [-0.39, 0.29) is 11.8 Å². The van der Waals surface area contributed by atoms with Crippen molar-refractivity contribution >= 4 is 33.3 Å². The SMILES string of the molecule is CCCCC1CCC(C(=O)Nc2cc(-c3nc4cccnc4s3)ccc2C)CC1. The summed E-state index contributed by atoms with van der Waals surface area (Å²) >= 11 is 1.58. The zero-order valence-electron chi connectivity index (χ0n) is 17.3. The number of aromatic nitrogens is 2. The number of hydrogen-bond acceptors (Lipinski definition) is 4. The summed E-state index contributed by atoms with van der Waals surface area (Å²) in [4.78, 5) is 22.9. The van der Waals surface area contributed by atoms with E-state index in [4.69, 9.17) is 4.98 Å². The first-order chi connectivity index (χ1) is 14.1. The highest BCUT2D eigenvalue weighted by Crippen LogP contribution is 2.34. The van der Waals surface area contributed by atoms with Gasteiger partial charge < -0.3 is 5.32 Å². The second kappa shape index (κ2) is 9.04. The van der Waals surface area contributed by atoms with Crippen molar-refractivity contribution in [1.82, 2.24) is 9.97 Å². The van der Waals surface area contributed by atoms with Crippen molar-refractivity contribution in [3.63, 3.8) is 0 Å². The molecule has 4 rings (SSSR count). The van der Waals surface area contributed by atoms with E-state index in [1.54, 1.807) is 17.5 Å². The highest BCUT2D eigenvalue weighted by molar-refractivity contribution is 7.21. The van der Waals surface area contributed by atoms with E-state index in [2.05, 4.69) is 35.4 Å². The van der Waals surface area contributed by atoms with Crippen molar-refractivity contribution in [1.29, 1.82) is 0 Å². The smallest absolute Gasteiger partial charge is 0.227 e. The molecule has 0 saturated heterocycles. The Kier molecular flexibility index (Phi) is 6.24. The number of benzene rings is 1. The number of nitrogens with one attached hydrogen (secondary N) is 1. The van der Waals surface area contributed by atoms with Gasteiger partial charge in [0.2, 0.25) is 5.91 Å². The van der Waals surface area contributed by atoms with Crippen molar-refractivity contribution in [2.45, 2.75) is 58.8 Å². The van der Waals surface area contributed by atoms with Gasteiger partial charge in [-0.05, 0) is 62.3 Å². The van der Waals surface area contributed by atoms with Crippen LogP contribution in [0.4, 0.5) is 5.69 Å². The molecule has 2 heterocycles. The molecular formula is C24H29N3OS. The fraction of sp³-hybridized carbons (Fsp3) is 0.458. The zero-order valence-corrected chi connectivity index (χ0v) is 18.1. The second-order valence-corrected chi connectivity index (χ2v) is 9.20. The van der Waals surface area contributed by atoms with Crippen LogP contribution in [0.5, 0.6) is 0 Å². The number of nitrogens with zero attached hydrogens (tertiary/aromatic N) is 2. The number of carbonyl (C=O) groups excluding carboxylic acids is 1. The van der Waals surface area contributed by atoms with Crippen LogP contribution >= 0.6 is 11.3 Å². The topological polar surface area (TPSA) is 54.9 Å². The summed E-state index contributed by atoms with van der Waals surface area (Å²) in [7, 11) is 0. The Morgan fingerprint density at radius 1 is 1.21 bits per heavy atom. The molecule has 1 N–H and O–H groups in total. The van der Waals surface area contributed by atoms with Gasteiger partial charge >= 0.3 is 0 Å². The third-order valence-electron chi connectivity index (χ3n) is 6.09. The van der Waals surface area contributed by atoms with Crippen LogP contribution in [0.25, 0.3) is 20.9 Å². The highest BCUT2D eigenvalue weighted by Gasteiger charge is 2.26. The third-order valence-corrected chi connectivity index (χ3v) is 7.12. The first-order valence-corrected chi connectivity index (χ1v) is 11.6. The molecule has 4 nitrogen and oxygen atoms in total. The fourth-order valence-electron chi connectivity index (χ4n) is 4.22. The number of anilines is 1. The summed E-state index contributed by atoms with van der Waals surface area (Å²) in [6, 6.07) is 10.1. The van der Waals surface area contributed by atoms with Gasteiger partial charge in [0.05, 0.1) is 0 Å². The number of unbranched alkanes of at least 4 members (excludes halogenated alkanes) is 1. The van der Waals surface area contributed by atoms with Gasteiger partial charge in [0.15, 0.2) is 0 Å². The van der Waals surface area contributed by atoms with Gasteiger partial charge in [0.1, 0.15) is 15.4 Å². The Morgan fingerprint density at radius 2 is 2.03 bits per heavy atom. The maximum atomic E-state index is 12.9. The van der Waals surface area contributed by atoms with E-state index >= 15 is 0 Å². The molecule has 152 valence electrons. The minimum absolute atomic E-state index is 0.141. The van der Waals surface area contributed by atoms with Crippen LogP contribution in [0.1, 0.15) is 57.4 Å². The van der Waals surface area contributed by atoms with Gasteiger partial charge in [0, 0.05) is 23.4 Å². The van der Waals surface area contributed by atoms with Crippen LogP contribution in [0.15, 0.2) is 36.5 Å². The van der Waals surface area contributed by atoms with Crippen LogP contribution in [-0.4, -0.2) is 15.9 Å². The largest absolute Gasteiger partial charge is 0.326 e. The third kappa shape index (κ3) is 4.67. The number of aryl methyl sites for hydroxylation is 1. The maximum absolute atomic E-state index is 12.9. The van der Waals surface area contributed by atoms with Crippen molar-refractivity contribution in [2.75, 3.05) is 5.32 Å². The van der Waals surface area contributed by atoms with E-state index in [1.807, 2.05) is 19.1 Å². The molecule has 0 atom stereocenters. The number of carbonyl (C=O) groups is 1. The van der Waals surface area contributed by atoms with Crippen molar-refractivity contribution < 1.29 is 4.79 Å². The van der Waals surface area contributed by atoms with Gasteiger partial charge in [-0.3, -0.25) is 4.79 Å². The van der Waals surface area contributed by atoms with Crippen LogP contribution < -0.4 is 5.32 Å². The molecule has 1 aliphatic carbocycles. The molecule has 1 fully saturated rings. The van der Waals surface area contributed by atoms with Crippen LogP contribution in [0, 0.1) is 18.8 Å². The Bertz CT molecular complexity index is 956. The summed E-state index contributed by atoms with van der Waals surface area (Å²) in [6.07, 6.45) is 10.1. The molecule has 0 aliphatic heterocycles. The molecule has 5 heteroatoms. The molecule has 2 aromatic heterocycles. The van der Waals surface area contributed by atoms with Gasteiger partial charge in [-0.15, -0.1) is 0 Å². The molecule has 29 heavy (non-hydrogen) atoms. The molecule has 0 radical (unpaired) electrons. The second-order valence-electron chi connectivity index (χ2n) is 8.23. The van der Waals surface area contributed by atoms with Gasteiger partial charge in [-0.25, -0.2) is 9.97 Å². The number of hydrogen-bond donors (Lipinski definition) is 1. The van der Waals surface area contributed by atoms with Gasteiger partial charge in [0.25, 0.3) is 0 Å². The minimum atomic E-state index is 0.141. The summed E-state index contributed by atoms with van der Waals surface area (Å²) in [5, 5.41) is 4.14. The lowest BCUT2D eigenvalue weighted by Crippen LogP contribution is -2.27. The average Bonchev–Trinajstić information content (AvgIpc) is 3.18. The Morgan fingerprint density at radius 3 is 2.79 bits per heavy atom. The number of fused-ring (bicyclic) bond motifs is 1. The molecule has 1 amide bonds. The molecule has 3 aromatic rings. The molecule has 0 bridgehead atoms. The van der Waals surface area contributed by atoms with Gasteiger partial charge in [-0.2, -0.15) is 0 Å². The number of amides is 1. The quantitative estimate of drug-likeness (QED) is 0.501. The molecular weight excluding hydrogens is 378 g/mol. The zero-order chi connectivity index (χ0) is 20.2. The Balaban J connectivity index is 1.45. The van der Waals surface area contributed by atoms with E-state index in [0.29, 0.717) is 0 Å². The molecule has 0 unspecified atom stereocenters. The summed E-state index contributed by atoms with van der Waals surface area (Å²) < 4.78 is 0.